The topological polar surface area (TPSA) is 175 Å². The number of ether oxygens (including phenoxy) is 5. The third kappa shape index (κ3) is 44.3. The molecule has 12 nitrogen and oxygen atoms in total. The number of aliphatic hydroxyl groups excluding tert-OH is 2. The van der Waals surface area contributed by atoms with Crippen molar-refractivity contribution in [1.29, 1.82) is 0 Å². The molecular formula is C67H112O12. The number of unbranched alkanes of at least 4 members (excludes halogenated alkanes) is 25. The van der Waals surface area contributed by atoms with Gasteiger partial charge < -0.3 is 39.0 Å². The molecule has 1 heterocycles. The van der Waals surface area contributed by atoms with Gasteiger partial charge in [-0.05, 0) is 116 Å². The Morgan fingerprint density at radius 2 is 0.797 bits per heavy atom. The van der Waals surface area contributed by atoms with Crippen LogP contribution in [0.2, 0.25) is 0 Å². The third-order valence-electron chi connectivity index (χ3n) is 13.9. The summed E-state index contributed by atoms with van der Waals surface area (Å²) in [5.41, 5.74) is 0. The highest BCUT2D eigenvalue weighted by Crippen LogP contribution is 2.26. The lowest BCUT2D eigenvalue weighted by molar-refractivity contribution is -0.301. The lowest BCUT2D eigenvalue weighted by Gasteiger charge is -2.40. The van der Waals surface area contributed by atoms with Gasteiger partial charge in [0.25, 0.3) is 0 Å². The lowest BCUT2D eigenvalue weighted by Crippen LogP contribution is -2.61. The van der Waals surface area contributed by atoms with Crippen molar-refractivity contribution >= 4 is 23.9 Å². The monoisotopic (exact) mass is 1110 g/mol. The van der Waals surface area contributed by atoms with Crippen molar-refractivity contribution in [3.05, 3.63) is 85.1 Å². The number of carboxylic acid groups (broad SMARTS) is 1. The molecule has 3 N–H and O–H groups in total. The molecule has 0 aromatic heterocycles. The van der Waals surface area contributed by atoms with Crippen molar-refractivity contribution in [3.63, 3.8) is 0 Å². The molecule has 1 fully saturated rings. The quantitative estimate of drug-likeness (QED) is 0.0228. The summed E-state index contributed by atoms with van der Waals surface area (Å²) in [5.74, 6) is -3.17. The minimum atomic E-state index is -1.91. The van der Waals surface area contributed by atoms with E-state index in [0.29, 0.717) is 19.3 Å². The van der Waals surface area contributed by atoms with E-state index in [4.69, 9.17) is 23.7 Å². The predicted octanol–water partition coefficient (Wildman–Crippen LogP) is 16.7. The van der Waals surface area contributed by atoms with E-state index in [-0.39, 0.29) is 25.9 Å². The molecule has 0 aromatic rings. The van der Waals surface area contributed by atoms with Crippen LogP contribution in [0.15, 0.2) is 85.1 Å². The first-order valence-corrected chi connectivity index (χ1v) is 31.6. The number of aliphatic hydroxyl groups is 2. The molecule has 6 atom stereocenters. The zero-order valence-electron chi connectivity index (χ0n) is 49.8. The summed E-state index contributed by atoms with van der Waals surface area (Å²) in [7, 11) is 0. The first-order valence-electron chi connectivity index (χ1n) is 31.6. The molecule has 0 aliphatic carbocycles. The Morgan fingerprint density at radius 3 is 1.25 bits per heavy atom. The fourth-order valence-electron chi connectivity index (χ4n) is 9.09. The standard InChI is InChI=1S/C67H112O12/c1-4-7-10-13-16-19-22-25-28-30-33-35-38-41-44-47-50-53-59(68)75-56-58(77-60(69)54-51-48-45-42-39-36-32-27-24-21-18-15-12-9-6-3)57-76-67-65(63(72)62(71)64(79-67)66(73)74)78-61(70)55-52-49-46-43-40-37-34-31-29-26-23-20-17-14-11-8-5-2/h7,10,16,18-19,21,25-29,32-33,35,58,62-65,67,71-72H,4-6,8-9,11-15,17,20,22-24,30-31,34,36-57H2,1-3H3,(H,73,74)/b10-7-,19-16-,21-18-,28-25-,29-26-,32-27-,35-33-. The van der Waals surface area contributed by atoms with Gasteiger partial charge in [-0.3, -0.25) is 14.4 Å². The number of carbonyl (C=O) groups excluding carboxylic acids is 3. The van der Waals surface area contributed by atoms with E-state index in [2.05, 4.69) is 106 Å². The van der Waals surface area contributed by atoms with Gasteiger partial charge in [0.1, 0.15) is 18.8 Å². The lowest BCUT2D eigenvalue weighted by atomic mass is 9.98. The van der Waals surface area contributed by atoms with Crippen LogP contribution in [0.1, 0.15) is 265 Å². The molecule has 0 radical (unpaired) electrons. The summed E-state index contributed by atoms with van der Waals surface area (Å²) in [6.07, 6.45) is 58.2. The molecule has 0 spiro atoms. The molecule has 79 heavy (non-hydrogen) atoms. The molecule has 1 saturated heterocycles. The summed E-state index contributed by atoms with van der Waals surface area (Å²) in [5, 5.41) is 31.6. The Labute approximate surface area is 480 Å². The Balaban J connectivity index is 2.70. The van der Waals surface area contributed by atoms with E-state index in [1.807, 2.05) is 0 Å². The van der Waals surface area contributed by atoms with Crippen LogP contribution in [0.5, 0.6) is 0 Å². The molecule has 0 aromatic carbocycles. The zero-order valence-corrected chi connectivity index (χ0v) is 49.8. The van der Waals surface area contributed by atoms with Crippen molar-refractivity contribution in [3.8, 4) is 0 Å². The van der Waals surface area contributed by atoms with Crippen LogP contribution in [0.4, 0.5) is 0 Å². The van der Waals surface area contributed by atoms with Crippen LogP contribution in [-0.4, -0.2) is 89.2 Å². The maximum absolute atomic E-state index is 13.2. The second-order valence-corrected chi connectivity index (χ2v) is 21.3. The highest BCUT2D eigenvalue weighted by Gasteiger charge is 2.50. The fraction of sp³-hybridized carbons (Fsp3) is 0.731. The average molecular weight is 1110 g/mol. The number of allylic oxidation sites excluding steroid dienone is 14. The van der Waals surface area contributed by atoms with E-state index in [1.165, 1.54) is 70.6 Å². The molecule has 1 aliphatic rings. The summed E-state index contributed by atoms with van der Waals surface area (Å²) in [4.78, 5) is 51.3. The maximum atomic E-state index is 13.2. The van der Waals surface area contributed by atoms with Crippen molar-refractivity contribution in [2.75, 3.05) is 13.2 Å². The van der Waals surface area contributed by atoms with Crippen LogP contribution in [-0.2, 0) is 42.9 Å². The van der Waals surface area contributed by atoms with E-state index in [0.717, 1.165) is 135 Å². The number of carboxylic acids is 1. The number of hydrogen-bond donors (Lipinski definition) is 3. The van der Waals surface area contributed by atoms with Crippen LogP contribution in [0, 0.1) is 0 Å². The van der Waals surface area contributed by atoms with Gasteiger partial charge in [-0.1, -0.05) is 215 Å². The number of rotatable bonds is 53. The summed E-state index contributed by atoms with van der Waals surface area (Å²) in [6, 6.07) is 0. The number of hydrogen-bond acceptors (Lipinski definition) is 11. The smallest absolute Gasteiger partial charge is 0.335 e. The van der Waals surface area contributed by atoms with Gasteiger partial charge in [0, 0.05) is 19.3 Å². The highest BCUT2D eigenvalue weighted by molar-refractivity contribution is 5.74. The molecule has 0 saturated carbocycles. The van der Waals surface area contributed by atoms with Gasteiger partial charge in [0.15, 0.2) is 24.6 Å². The summed E-state index contributed by atoms with van der Waals surface area (Å²) < 4.78 is 28.5. The Morgan fingerprint density at radius 1 is 0.430 bits per heavy atom. The minimum absolute atomic E-state index is 0.0491. The van der Waals surface area contributed by atoms with E-state index in [9.17, 15) is 34.5 Å². The SMILES string of the molecule is CC/C=C\C/C=C\C/C=C\C/C=C\CCCCCCC(=O)OCC(COC1OC(C(=O)O)C(O)C(O)C1OC(=O)CCCCCCCCC/C=C\CCCCCCCC)OC(=O)CCCCCCC/C=C\C/C=C\CCCCC. The van der Waals surface area contributed by atoms with Gasteiger partial charge in [0.2, 0.25) is 0 Å². The largest absolute Gasteiger partial charge is 0.479 e. The molecule has 0 amide bonds. The van der Waals surface area contributed by atoms with Gasteiger partial charge >= 0.3 is 23.9 Å². The molecule has 0 bridgehead atoms. The first kappa shape index (κ1) is 72.9. The van der Waals surface area contributed by atoms with Gasteiger partial charge in [-0.2, -0.15) is 0 Å². The van der Waals surface area contributed by atoms with Crippen LogP contribution < -0.4 is 0 Å². The third-order valence-corrected chi connectivity index (χ3v) is 13.9. The Bertz CT molecular complexity index is 1700. The molecular weight excluding hydrogens is 997 g/mol. The van der Waals surface area contributed by atoms with Crippen molar-refractivity contribution in [2.45, 2.75) is 302 Å². The molecule has 1 aliphatic heterocycles. The van der Waals surface area contributed by atoms with E-state index >= 15 is 0 Å². The highest BCUT2D eigenvalue weighted by atomic mass is 16.7. The van der Waals surface area contributed by atoms with Gasteiger partial charge in [-0.25, -0.2) is 4.79 Å². The molecule has 6 unspecified atom stereocenters. The fourth-order valence-corrected chi connectivity index (χ4v) is 9.09. The average Bonchev–Trinajstić information content (AvgIpc) is 3.47. The summed E-state index contributed by atoms with van der Waals surface area (Å²) >= 11 is 0. The van der Waals surface area contributed by atoms with Crippen LogP contribution >= 0.6 is 0 Å². The Hall–Kier alpha value is -4.10. The number of aliphatic carboxylic acids is 1. The maximum Gasteiger partial charge on any atom is 0.335 e. The van der Waals surface area contributed by atoms with Crippen molar-refractivity contribution in [2.24, 2.45) is 0 Å². The normalized spacial score (nSPS) is 18.4. The first-order chi connectivity index (χ1) is 38.6. The second-order valence-electron chi connectivity index (χ2n) is 21.3. The van der Waals surface area contributed by atoms with Gasteiger partial charge in [0.05, 0.1) is 6.61 Å². The zero-order chi connectivity index (χ0) is 57.5. The summed E-state index contributed by atoms with van der Waals surface area (Å²) in [6.45, 7) is 5.83. The predicted molar refractivity (Wildman–Crippen MR) is 321 cm³/mol. The van der Waals surface area contributed by atoms with Gasteiger partial charge in [-0.15, -0.1) is 0 Å². The van der Waals surface area contributed by atoms with Crippen LogP contribution in [0.3, 0.4) is 0 Å². The Kier molecular flexibility index (Phi) is 50.3. The minimum Gasteiger partial charge on any atom is -0.479 e. The van der Waals surface area contributed by atoms with Crippen LogP contribution in [0.25, 0.3) is 0 Å². The van der Waals surface area contributed by atoms with Crippen molar-refractivity contribution < 1.29 is 58.2 Å². The second kappa shape index (κ2) is 54.5. The molecule has 12 heteroatoms. The van der Waals surface area contributed by atoms with Crippen molar-refractivity contribution in [1.82, 2.24) is 0 Å². The molecule has 452 valence electrons. The molecule has 1 rings (SSSR count). The van der Waals surface area contributed by atoms with E-state index in [1.54, 1.807) is 0 Å². The number of esters is 3. The van der Waals surface area contributed by atoms with E-state index < -0.39 is 67.3 Å². The number of carbonyl (C=O) groups is 4.